The summed E-state index contributed by atoms with van der Waals surface area (Å²) in [5.41, 5.74) is 7.49. The first-order valence-electron chi connectivity index (χ1n) is 9.70. The van der Waals surface area contributed by atoms with Gasteiger partial charge in [0.2, 0.25) is 0 Å². The zero-order valence-corrected chi connectivity index (χ0v) is 16.8. The van der Waals surface area contributed by atoms with Crippen molar-refractivity contribution in [1.82, 2.24) is 9.78 Å². The second-order valence-corrected chi connectivity index (χ2v) is 7.07. The number of rotatable bonds is 6. The lowest BCUT2D eigenvalue weighted by atomic mass is 10.1. The highest BCUT2D eigenvalue weighted by Gasteiger charge is 2.35. The van der Waals surface area contributed by atoms with Gasteiger partial charge >= 0.3 is 6.18 Å². The minimum atomic E-state index is -4.60. The summed E-state index contributed by atoms with van der Waals surface area (Å²) in [4.78, 5) is 0. The number of alkyl halides is 3. The molecule has 0 aliphatic heterocycles. The molecule has 5 nitrogen and oxygen atoms in total. The number of halogens is 3. The van der Waals surface area contributed by atoms with E-state index in [9.17, 15) is 13.2 Å². The molecule has 1 heterocycles. The summed E-state index contributed by atoms with van der Waals surface area (Å²) in [6.07, 6.45) is -4.60. The maximum Gasteiger partial charge on any atom is 0.435 e. The third kappa shape index (κ3) is 4.64. The number of hydrogen-bond acceptors (Lipinski definition) is 3. The number of amidine groups is 1. The lowest BCUT2D eigenvalue weighted by Gasteiger charge is -2.11. The van der Waals surface area contributed by atoms with Crippen molar-refractivity contribution in [2.75, 3.05) is 0 Å². The van der Waals surface area contributed by atoms with Crippen molar-refractivity contribution in [3.8, 4) is 22.6 Å². The van der Waals surface area contributed by atoms with Gasteiger partial charge in [-0.25, -0.2) is 4.68 Å². The molecule has 0 radical (unpaired) electrons. The van der Waals surface area contributed by atoms with Crippen molar-refractivity contribution >= 4 is 5.84 Å². The molecule has 162 valence electrons. The average Bonchev–Trinajstić information content (AvgIpc) is 3.24. The molecular weight excluding hydrogens is 417 g/mol. The van der Waals surface area contributed by atoms with Crippen molar-refractivity contribution in [1.29, 1.82) is 5.41 Å². The monoisotopic (exact) mass is 436 g/mol. The molecule has 0 unspecified atom stereocenters. The fourth-order valence-corrected chi connectivity index (χ4v) is 3.22. The number of aromatic nitrogens is 2. The smallest absolute Gasteiger partial charge is 0.435 e. The largest absolute Gasteiger partial charge is 0.487 e. The molecule has 32 heavy (non-hydrogen) atoms. The van der Waals surface area contributed by atoms with Crippen LogP contribution in [0.3, 0.4) is 0 Å². The molecule has 3 N–H and O–H groups in total. The lowest BCUT2D eigenvalue weighted by Crippen LogP contribution is -2.13. The Morgan fingerprint density at radius 1 is 0.906 bits per heavy atom. The molecule has 0 fully saturated rings. The highest BCUT2D eigenvalue weighted by molar-refractivity contribution is 5.95. The summed E-state index contributed by atoms with van der Waals surface area (Å²) in [6, 6.07) is 24.4. The Hall–Kier alpha value is -4.07. The molecule has 0 bridgehead atoms. The van der Waals surface area contributed by atoms with Crippen molar-refractivity contribution < 1.29 is 17.9 Å². The quantitative estimate of drug-likeness (QED) is 0.313. The Morgan fingerprint density at radius 2 is 1.59 bits per heavy atom. The van der Waals surface area contributed by atoms with Crippen LogP contribution >= 0.6 is 0 Å². The first-order valence-corrected chi connectivity index (χ1v) is 9.70. The second-order valence-electron chi connectivity index (χ2n) is 7.07. The van der Waals surface area contributed by atoms with Crippen LogP contribution in [0, 0.1) is 5.41 Å². The standard InChI is InChI=1S/C24H19F3N4O/c25-24(26,27)22-14-20(31(30-22)19-8-4-7-18(13-19)23(28)29)15-32-21-11-9-17(10-12-21)16-5-2-1-3-6-16/h1-14H,15H2,(H3,28,29). The van der Waals surface area contributed by atoms with Gasteiger partial charge in [0.05, 0.1) is 11.4 Å². The summed E-state index contributed by atoms with van der Waals surface area (Å²) in [5.74, 6) is 0.329. The van der Waals surface area contributed by atoms with E-state index in [-0.39, 0.29) is 18.1 Å². The second kappa shape index (κ2) is 8.58. The van der Waals surface area contributed by atoms with Gasteiger partial charge in [-0.2, -0.15) is 18.3 Å². The van der Waals surface area contributed by atoms with E-state index in [1.807, 2.05) is 42.5 Å². The Balaban J connectivity index is 1.60. The number of ether oxygens (including phenoxy) is 1. The van der Waals surface area contributed by atoms with Crippen molar-refractivity contribution in [2.24, 2.45) is 5.73 Å². The molecular formula is C24H19F3N4O. The van der Waals surface area contributed by atoms with Crippen molar-refractivity contribution in [2.45, 2.75) is 12.8 Å². The van der Waals surface area contributed by atoms with Crippen LogP contribution in [-0.2, 0) is 12.8 Å². The van der Waals surface area contributed by atoms with E-state index in [0.29, 0.717) is 17.0 Å². The number of nitrogens with one attached hydrogen (secondary N) is 1. The zero-order valence-electron chi connectivity index (χ0n) is 16.8. The van der Waals surface area contributed by atoms with E-state index >= 15 is 0 Å². The van der Waals surface area contributed by atoms with Crippen LogP contribution in [0.15, 0.2) is 84.9 Å². The van der Waals surface area contributed by atoms with Gasteiger partial charge in [-0.1, -0.05) is 54.6 Å². The number of hydrogen-bond donors (Lipinski definition) is 2. The molecule has 4 rings (SSSR count). The predicted molar refractivity (Wildman–Crippen MR) is 116 cm³/mol. The molecule has 4 aromatic rings. The molecule has 8 heteroatoms. The Labute approximate surface area is 182 Å². The van der Waals surface area contributed by atoms with Gasteiger partial charge in [-0.3, -0.25) is 5.41 Å². The van der Waals surface area contributed by atoms with Gasteiger partial charge in [0.25, 0.3) is 0 Å². The average molecular weight is 436 g/mol. The molecule has 0 atom stereocenters. The minimum absolute atomic E-state index is 0.127. The van der Waals surface area contributed by atoms with Crippen molar-refractivity contribution in [3.63, 3.8) is 0 Å². The Morgan fingerprint density at radius 3 is 2.25 bits per heavy atom. The van der Waals surface area contributed by atoms with Crippen LogP contribution in [0.5, 0.6) is 5.75 Å². The number of nitrogens with zero attached hydrogens (tertiary/aromatic N) is 2. The zero-order chi connectivity index (χ0) is 22.7. The molecule has 3 aromatic carbocycles. The molecule has 1 aromatic heterocycles. The van der Waals surface area contributed by atoms with Gasteiger partial charge in [-0.15, -0.1) is 0 Å². The number of nitrogen functional groups attached to an aromatic ring is 1. The highest BCUT2D eigenvalue weighted by Crippen LogP contribution is 2.30. The maximum atomic E-state index is 13.3. The lowest BCUT2D eigenvalue weighted by molar-refractivity contribution is -0.141. The summed E-state index contributed by atoms with van der Waals surface area (Å²) in [5, 5.41) is 11.3. The Bertz CT molecular complexity index is 1230. The topological polar surface area (TPSA) is 76.9 Å². The van der Waals surface area contributed by atoms with Crippen LogP contribution in [0.1, 0.15) is 17.0 Å². The fourth-order valence-electron chi connectivity index (χ4n) is 3.22. The number of nitrogens with two attached hydrogens (primary N) is 1. The first kappa shape index (κ1) is 21.2. The van der Waals surface area contributed by atoms with Crippen molar-refractivity contribution in [3.05, 3.63) is 102 Å². The molecule has 0 saturated carbocycles. The van der Waals surface area contributed by atoms with Crippen LogP contribution in [-0.4, -0.2) is 15.6 Å². The first-order chi connectivity index (χ1) is 15.3. The highest BCUT2D eigenvalue weighted by atomic mass is 19.4. The fraction of sp³-hybridized carbons (Fsp3) is 0.0833. The van der Waals surface area contributed by atoms with Crippen LogP contribution in [0.4, 0.5) is 13.2 Å². The van der Waals surface area contributed by atoms with Crippen LogP contribution < -0.4 is 10.5 Å². The summed E-state index contributed by atoms with van der Waals surface area (Å²) >= 11 is 0. The summed E-state index contributed by atoms with van der Waals surface area (Å²) in [6.45, 7) is -0.127. The van der Waals surface area contributed by atoms with Gasteiger partial charge < -0.3 is 10.5 Å². The third-order valence-corrected chi connectivity index (χ3v) is 4.82. The SMILES string of the molecule is N=C(N)c1cccc(-n2nc(C(F)(F)F)cc2COc2ccc(-c3ccccc3)cc2)c1. The van der Waals surface area contributed by atoms with Crippen LogP contribution in [0.2, 0.25) is 0 Å². The molecule has 0 aliphatic carbocycles. The van der Waals surface area contributed by atoms with E-state index < -0.39 is 11.9 Å². The Kier molecular flexibility index (Phi) is 5.68. The third-order valence-electron chi connectivity index (χ3n) is 4.82. The summed E-state index contributed by atoms with van der Waals surface area (Å²) in [7, 11) is 0. The molecule has 0 saturated heterocycles. The van der Waals surface area contributed by atoms with Crippen LogP contribution in [0.25, 0.3) is 16.8 Å². The maximum absolute atomic E-state index is 13.3. The van der Waals surface area contributed by atoms with Gasteiger partial charge in [0, 0.05) is 5.56 Å². The van der Waals surface area contributed by atoms with E-state index in [0.717, 1.165) is 21.9 Å². The molecule has 0 aliphatic rings. The molecule has 0 amide bonds. The van der Waals surface area contributed by atoms with E-state index in [1.54, 1.807) is 30.3 Å². The minimum Gasteiger partial charge on any atom is -0.487 e. The predicted octanol–water partition coefficient (Wildman–Crippen LogP) is 5.42. The molecule has 0 spiro atoms. The van der Waals surface area contributed by atoms with Gasteiger partial charge in [0.15, 0.2) is 5.69 Å². The van der Waals surface area contributed by atoms with Gasteiger partial charge in [0.1, 0.15) is 18.2 Å². The van der Waals surface area contributed by atoms with E-state index in [2.05, 4.69) is 5.10 Å². The summed E-state index contributed by atoms with van der Waals surface area (Å²) < 4.78 is 46.8. The van der Waals surface area contributed by atoms with E-state index in [4.69, 9.17) is 15.9 Å². The van der Waals surface area contributed by atoms with Gasteiger partial charge in [-0.05, 0) is 41.5 Å². The van der Waals surface area contributed by atoms with E-state index in [1.165, 1.54) is 6.07 Å². The number of benzene rings is 3. The normalized spacial score (nSPS) is 11.3.